The van der Waals surface area contributed by atoms with Crippen molar-refractivity contribution >= 4 is 0 Å². The molecule has 0 bridgehead atoms. The standard InChI is InChI=1S/C14H26O5/c1-3-5-15-7-9-17-11-13-19-14-12-18-10-8-16-6-4-2/h3-6H,7-14H2,1-2H3. The van der Waals surface area contributed by atoms with Crippen LogP contribution in [0.4, 0.5) is 0 Å². The van der Waals surface area contributed by atoms with E-state index in [2.05, 4.69) is 0 Å². The summed E-state index contributed by atoms with van der Waals surface area (Å²) >= 11 is 0. The zero-order valence-electron chi connectivity index (χ0n) is 12.0. The number of allylic oxidation sites excluding steroid dienone is 2. The minimum absolute atomic E-state index is 0.569. The fourth-order valence-corrected chi connectivity index (χ4v) is 1.08. The fourth-order valence-electron chi connectivity index (χ4n) is 1.08. The average Bonchev–Trinajstić information content (AvgIpc) is 2.43. The molecule has 0 aromatic heterocycles. The lowest BCUT2D eigenvalue weighted by molar-refractivity contribution is 0.000429. The molecule has 0 aliphatic carbocycles. The number of ether oxygens (including phenoxy) is 5. The van der Waals surface area contributed by atoms with Gasteiger partial charge in [-0.25, -0.2) is 0 Å². The van der Waals surface area contributed by atoms with Crippen molar-refractivity contribution in [2.75, 3.05) is 52.9 Å². The van der Waals surface area contributed by atoms with Gasteiger partial charge in [0, 0.05) is 0 Å². The molecule has 0 spiro atoms. The first-order valence-corrected chi connectivity index (χ1v) is 6.60. The zero-order valence-corrected chi connectivity index (χ0v) is 12.0. The Bertz CT molecular complexity index is 194. The molecule has 0 aliphatic rings. The molecule has 0 unspecified atom stereocenters. The molecule has 5 nitrogen and oxygen atoms in total. The molecule has 112 valence electrons. The average molecular weight is 274 g/mol. The normalized spacial score (nSPS) is 11.5. The van der Waals surface area contributed by atoms with Crippen LogP contribution in [0.3, 0.4) is 0 Å². The second kappa shape index (κ2) is 17.0. The van der Waals surface area contributed by atoms with Crippen LogP contribution in [0.15, 0.2) is 24.7 Å². The molecule has 0 heterocycles. The summed E-state index contributed by atoms with van der Waals surface area (Å²) in [4.78, 5) is 0. The molecular weight excluding hydrogens is 248 g/mol. The van der Waals surface area contributed by atoms with Crippen molar-refractivity contribution in [2.24, 2.45) is 0 Å². The van der Waals surface area contributed by atoms with Crippen molar-refractivity contribution < 1.29 is 23.7 Å². The van der Waals surface area contributed by atoms with Crippen LogP contribution >= 0.6 is 0 Å². The van der Waals surface area contributed by atoms with Gasteiger partial charge in [-0.1, -0.05) is 12.2 Å². The lowest BCUT2D eigenvalue weighted by atomic mass is 10.7. The molecule has 0 N–H and O–H groups in total. The minimum atomic E-state index is 0.569. The van der Waals surface area contributed by atoms with E-state index in [9.17, 15) is 0 Å². The van der Waals surface area contributed by atoms with Gasteiger partial charge in [-0.05, 0) is 13.8 Å². The predicted molar refractivity (Wildman–Crippen MR) is 74.0 cm³/mol. The van der Waals surface area contributed by atoms with E-state index in [1.165, 1.54) is 0 Å². The first-order chi connectivity index (χ1) is 9.41. The van der Waals surface area contributed by atoms with Gasteiger partial charge in [0.15, 0.2) is 0 Å². The van der Waals surface area contributed by atoms with Crippen LogP contribution in [-0.4, -0.2) is 52.9 Å². The number of rotatable bonds is 14. The van der Waals surface area contributed by atoms with E-state index in [0.29, 0.717) is 52.9 Å². The summed E-state index contributed by atoms with van der Waals surface area (Å²) in [7, 11) is 0. The van der Waals surface area contributed by atoms with Crippen LogP contribution in [0.25, 0.3) is 0 Å². The zero-order chi connectivity index (χ0) is 14.0. The molecule has 0 amide bonds. The quantitative estimate of drug-likeness (QED) is 0.359. The molecule has 0 atom stereocenters. The summed E-state index contributed by atoms with van der Waals surface area (Å²) in [6, 6.07) is 0. The smallest absolute Gasteiger partial charge is 0.111 e. The molecule has 5 heteroatoms. The van der Waals surface area contributed by atoms with Crippen molar-refractivity contribution in [1.29, 1.82) is 0 Å². The number of hydrogen-bond donors (Lipinski definition) is 0. The summed E-state index contributed by atoms with van der Waals surface area (Å²) in [5, 5.41) is 0. The molecule has 0 aromatic carbocycles. The number of hydrogen-bond acceptors (Lipinski definition) is 5. The minimum Gasteiger partial charge on any atom is -0.499 e. The maximum Gasteiger partial charge on any atom is 0.111 e. The highest BCUT2D eigenvalue weighted by Crippen LogP contribution is 1.84. The third-order valence-electron chi connectivity index (χ3n) is 1.90. The van der Waals surface area contributed by atoms with E-state index < -0.39 is 0 Å². The fraction of sp³-hybridized carbons (Fsp3) is 0.714. The second-order valence-electron chi connectivity index (χ2n) is 3.52. The van der Waals surface area contributed by atoms with Gasteiger partial charge in [-0.3, -0.25) is 0 Å². The highest BCUT2D eigenvalue weighted by atomic mass is 16.6. The van der Waals surface area contributed by atoms with E-state index in [0.717, 1.165) is 0 Å². The summed E-state index contributed by atoms with van der Waals surface area (Å²) in [6.07, 6.45) is 6.98. The van der Waals surface area contributed by atoms with Gasteiger partial charge in [0.05, 0.1) is 52.2 Å². The van der Waals surface area contributed by atoms with E-state index >= 15 is 0 Å². The van der Waals surface area contributed by atoms with Crippen LogP contribution in [0.1, 0.15) is 13.8 Å². The lowest BCUT2D eigenvalue weighted by Crippen LogP contribution is -2.12. The largest absolute Gasteiger partial charge is 0.499 e. The molecular formula is C14H26O5. The molecule has 0 aromatic rings. The Morgan fingerprint density at radius 3 is 1.16 bits per heavy atom. The van der Waals surface area contributed by atoms with Gasteiger partial charge in [0.1, 0.15) is 13.2 Å². The maximum absolute atomic E-state index is 5.33. The van der Waals surface area contributed by atoms with Crippen LogP contribution in [0, 0.1) is 0 Å². The Hall–Kier alpha value is -1.04. The third kappa shape index (κ3) is 17.0. The van der Waals surface area contributed by atoms with Crippen molar-refractivity contribution in [3.63, 3.8) is 0 Å². The topological polar surface area (TPSA) is 46.2 Å². The Kier molecular flexibility index (Phi) is 16.0. The van der Waals surface area contributed by atoms with Crippen molar-refractivity contribution in [2.45, 2.75) is 13.8 Å². The van der Waals surface area contributed by atoms with Crippen LogP contribution < -0.4 is 0 Å². The van der Waals surface area contributed by atoms with Gasteiger partial charge >= 0.3 is 0 Å². The second-order valence-corrected chi connectivity index (χ2v) is 3.52. The third-order valence-corrected chi connectivity index (χ3v) is 1.90. The first kappa shape index (κ1) is 18.0. The summed E-state index contributed by atoms with van der Waals surface area (Å²) in [5.41, 5.74) is 0. The molecule has 0 radical (unpaired) electrons. The Morgan fingerprint density at radius 1 is 0.526 bits per heavy atom. The molecule has 0 aliphatic heterocycles. The van der Waals surface area contributed by atoms with Crippen LogP contribution in [0.5, 0.6) is 0 Å². The summed E-state index contributed by atoms with van der Waals surface area (Å²) in [6.45, 7) is 8.39. The predicted octanol–water partition coefficient (Wildman–Crippen LogP) is 2.14. The van der Waals surface area contributed by atoms with Crippen LogP contribution in [-0.2, 0) is 23.7 Å². The maximum atomic E-state index is 5.33. The summed E-state index contributed by atoms with van der Waals surface area (Å²) < 4.78 is 26.1. The SMILES string of the molecule is CC=COCCOCCOCCOCCOC=CC. The van der Waals surface area contributed by atoms with E-state index in [4.69, 9.17) is 23.7 Å². The Morgan fingerprint density at radius 2 is 0.842 bits per heavy atom. The highest BCUT2D eigenvalue weighted by molar-refractivity contribution is 4.65. The lowest BCUT2D eigenvalue weighted by Gasteiger charge is -2.06. The summed E-state index contributed by atoms with van der Waals surface area (Å²) in [5.74, 6) is 0. The molecule has 0 fully saturated rings. The van der Waals surface area contributed by atoms with E-state index in [-0.39, 0.29) is 0 Å². The molecule has 0 rings (SSSR count). The monoisotopic (exact) mass is 274 g/mol. The van der Waals surface area contributed by atoms with Crippen LogP contribution in [0.2, 0.25) is 0 Å². The van der Waals surface area contributed by atoms with Gasteiger partial charge < -0.3 is 23.7 Å². The molecule has 0 saturated heterocycles. The van der Waals surface area contributed by atoms with Gasteiger partial charge in [-0.15, -0.1) is 0 Å². The highest BCUT2D eigenvalue weighted by Gasteiger charge is 1.91. The molecule has 19 heavy (non-hydrogen) atoms. The van der Waals surface area contributed by atoms with Gasteiger partial charge in [-0.2, -0.15) is 0 Å². The van der Waals surface area contributed by atoms with E-state index in [1.807, 2.05) is 26.0 Å². The Labute approximate surface area is 116 Å². The van der Waals surface area contributed by atoms with Crippen molar-refractivity contribution in [3.8, 4) is 0 Å². The molecule has 0 saturated carbocycles. The van der Waals surface area contributed by atoms with Gasteiger partial charge in [0.2, 0.25) is 0 Å². The van der Waals surface area contributed by atoms with Gasteiger partial charge in [0.25, 0.3) is 0 Å². The van der Waals surface area contributed by atoms with E-state index in [1.54, 1.807) is 12.5 Å². The Balaban J connectivity index is 2.95. The first-order valence-electron chi connectivity index (χ1n) is 6.60. The van der Waals surface area contributed by atoms with Crippen molar-refractivity contribution in [3.05, 3.63) is 24.7 Å². The van der Waals surface area contributed by atoms with Crippen molar-refractivity contribution in [1.82, 2.24) is 0 Å².